The third-order valence-corrected chi connectivity index (χ3v) is 5.33. The molecule has 0 saturated heterocycles. The van der Waals surface area contributed by atoms with E-state index in [4.69, 9.17) is 53.3 Å². The fourth-order valence-corrected chi connectivity index (χ4v) is 3.17. The monoisotopic (exact) mass is 550 g/mol. The van der Waals surface area contributed by atoms with Crippen LogP contribution in [-0.4, -0.2) is 114 Å². The number of hydrogen-bond acceptors (Lipinski definition) is 11. The number of benzene rings is 2. The Morgan fingerprint density at radius 1 is 0.359 bits per heavy atom. The lowest BCUT2D eigenvalue weighted by Crippen LogP contribution is -2.29. The van der Waals surface area contributed by atoms with E-state index in [9.17, 15) is 0 Å². The molecule has 0 atom stereocenters. The van der Waals surface area contributed by atoms with E-state index >= 15 is 0 Å². The van der Waals surface area contributed by atoms with Crippen molar-refractivity contribution < 1.29 is 53.3 Å². The van der Waals surface area contributed by atoms with Gasteiger partial charge in [-0.05, 0) is 22.1 Å². The average molecular weight is 550 g/mol. The first-order valence-corrected chi connectivity index (χ1v) is 13.0. The van der Waals surface area contributed by atoms with Crippen LogP contribution in [0.2, 0.25) is 0 Å². The van der Waals surface area contributed by atoms with Gasteiger partial charge in [-0.15, -0.1) is 0 Å². The minimum Gasteiger partial charge on any atom is -0.423 e. The van der Waals surface area contributed by atoms with Crippen molar-refractivity contribution >= 4 is 25.2 Å². The molecule has 0 aliphatic heterocycles. The molecule has 0 fully saturated rings. The number of ether oxygens (including phenoxy) is 7. The highest BCUT2D eigenvalue weighted by molar-refractivity contribution is 6.58. The molecule has 2 rings (SSSR count). The van der Waals surface area contributed by atoms with E-state index in [0.29, 0.717) is 103 Å². The van der Waals surface area contributed by atoms with E-state index in [1.807, 2.05) is 0 Å². The second kappa shape index (κ2) is 21.9. The lowest BCUT2D eigenvalue weighted by atomic mass is 9.80. The summed E-state index contributed by atoms with van der Waals surface area (Å²) in [6, 6.07) is 13.8. The lowest BCUT2D eigenvalue weighted by Gasteiger charge is -2.09. The van der Waals surface area contributed by atoms with Crippen LogP contribution < -0.4 is 10.9 Å². The van der Waals surface area contributed by atoms with Crippen LogP contribution in [-0.2, 0) is 46.4 Å². The standard InChI is InChI=1S/C26H40B2O11/c29-27(30)25-5-1-23(2-6-25)21-38-19-17-36-15-13-34-11-9-33-10-12-35-14-16-37-18-20-39-22-24-3-7-26(8-4-24)28(31)32/h1-8,29-32H,9-22H2. The molecule has 39 heavy (non-hydrogen) atoms. The van der Waals surface area contributed by atoms with E-state index in [0.717, 1.165) is 11.1 Å². The topological polar surface area (TPSA) is 146 Å². The van der Waals surface area contributed by atoms with Crippen molar-refractivity contribution in [2.24, 2.45) is 0 Å². The minimum atomic E-state index is -1.46. The third-order valence-electron chi connectivity index (χ3n) is 5.33. The molecule has 0 aliphatic rings. The first-order chi connectivity index (χ1) is 19.1. The van der Waals surface area contributed by atoms with Crippen molar-refractivity contribution in [2.45, 2.75) is 13.2 Å². The van der Waals surface area contributed by atoms with Crippen molar-refractivity contribution in [1.82, 2.24) is 0 Å². The molecule has 0 saturated carbocycles. The van der Waals surface area contributed by atoms with E-state index in [1.54, 1.807) is 48.5 Å². The lowest BCUT2D eigenvalue weighted by molar-refractivity contribution is -0.0217. The van der Waals surface area contributed by atoms with Gasteiger partial charge in [0.25, 0.3) is 0 Å². The van der Waals surface area contributed by atoms with Gasteiger partial charge in [-0.25, -0.2) is 0 Å². The van der Waals surface area contributed by atoms with E-state index in [-0.39, 0.29) is 0 Å². The Kier molecular flexibility index (Phi) is 18.7. The van der Waals surface area contributed by atoms with Gasteiger partial charge in [0.15, 0.2) is 0 Å². The van der Waals surface area contributed by atoms with Gasteiger partial charge in [-0.3, -0.25) is 0 Å². The molecular formula is C26H40B2O11. The summed E-state index contributed by atoms with van der Waals surface area (Å²) >= 11 is 0. The molecule has 0 aromatic heterocycles. The zero-order valence-electron chi connectivity index (χ0n) is 22.3. The van der Waals surface area contributed by atoms with Crippen LogP contribution in [0.5, 0.6) is 0 Å². The van der Waals surface area contributed by atoms with Crippen LogP contribution in [0, 0.1) is 0 Å². The smallest absolute Gasteiger partial charge is 0.423 e. The van der Waals surface area contributed by atoms with Gasteiger partial charge in [0, 0.05) is 0 Å². The molecule has 0 radical (unpaired) electrons. The quantitative estimate of drug-likeness (QED) is 0.0931. The van der Waals surface area contributed by atoms with E-state index < -0.39 is 14.2 Å². The molecule has 11 nitrogen and oxygen atoms in total. The molecular weight excluding hydrogens is 510 g/mol. The van der Waals surface area contributed by atoms with Gasteiger partial charge in [-0.2, -0.15) is 0 Å². The second-order valence-electron chi connectivity index (χ2n) is 8.40. The molecule has 0 heterocycles. The molecule has 0 amide bonds. The Balaban J connectivity index is 1.24. The average Bonchev–Trinajstić information content (AvgIpc) is 2.94. The van der Waals surface area contributed by atoms with Gasteiger partial charge < -0.3 is 53.3 Å². The zero-order valence-corrected chi connectivity index (χ0v) is 22.3. The summed E-state index contributed by atoms with van der Waals surface area (Å²) in [5.41, 5.74) is 2.80. The Morgan fingerprint density at radius 3 is 0.821 bits per heavy atom. The minimum absolute atomic E-state index is 0.433. The highest BCUT2D eigenvalue weighted by atomic mass is 16.6. The van der Waals surface area contributed by atoms with Crippen LogP contribution >= 0.6 is 0 Å². The molecule has 0 aliphatic carbocycles. The van der Waals surface area contributed by atoms with Crippen LogP contribution in [0.15, 0.2) is 48.5 Å². The summed E-state index contributed by atoms with van der Waals surface area (Å²) in [6.45, 7) is 6.55. The third kappa shape index (κ3) is 16.7. The van der Waals surface area contributed by atoms with Crippen molar-refractivity contribution in [3.05, 3.63) is 59.7 Å². The van der Waals surface area contributed by atoms with Gasteiger partial charge in [0.05, 0.1) is 92.5 Å². The summed E-state index contributed by atoms with van der Waals surface area (Å²) in [5, 5.41) is 36.3. The fourth-order valence-electron chi connectivity index (χ4n) is 3.17. The molecule has 0 bridgehead atoms. The van der Waals surface area contributed by atoms with Gasteiger partial charge >= 0.3 is 14.2 Å². The molecule has 4 N–H and O–H groups in total. The highest BCUT2D eigenvalue weighted by Gasteiger charge is 2.10. The van der Waals surface area contributed by atoms with Gasteiger partial charge in [0.1, 0.15) is 0 Å². The van der Waals surface area contributed by atoms with Gasteiger partial charge in [0.2, 0.25) is 0 Å². The van der Waals surface area contributed by atoms with Crippen molar-refractivity contribution in [2.75, 3.05) is 79.3 Å². The molecule has 13 heteroatoms. The van der Waals surface area contributed by atoms with Gasteiger partial charge in [-0.1, -0.05) is 48.5 Å². The van der Waals surface area contributed by atoms with Crippen molar-refractivity contribution in [1.29, 1.82) is 0 Å². The summed E-state index contributed by atoms with van der Waals surface area (Å²) < 4.78 is 38.3. The maximum absolute atomic E-state index is 9.07. The Labute approximate surface area is 230 Å². The largest absolute Gasteiger partial charge is 0.488 e. The summed E-state index contributed by atoms with van der Waals surface area (Å²) in [6.07, 6.45) is 0. The van der Waals surface area contributed by atoms with Crippen LogP contribution in [0.4, 0.5) is 0 Å². The maximum atomic E-state index is 9.07. The molecule has 2 aromatic rings. The summed E-state index contributed by atoms with van der Waals surface area (Å²) in [4.78, 5) is 0. The summed E-state index contributed by atoms with van der Waals surface area (Å²) in [7, 11) is -2.92. The Morgan fingerprint density at radius 2 is 0.590 bits per heavy atom. The summed E-state index contributed by atoms with van der Waals surface area (Å²) in [5.74, 6) is 0. The van der Waals surface area contributed by atoms with E-state index in [2.05, 4.69) is 0 Å². The fraction of sp³-hybridized carbons (Fsp3) is 0.538. The molecule has 2 aromatic carbocycles. The number of hydrogen-bond donors (Lipinski definition) is 4. The van der Waals surface area contributed by atoms with Crippen molar-refractivity contribution in [3.8, 4) is 0 Å². The predicted molar refractivity (Wildman–Crippen MR) is 146 cm³/mol. The SMILES string of the molecule is OB(O)c1ccc(COCCOCCOCCOCCOCCOCCOCc2ccc(B(O)O)cc2)cc1. The number of rotatable bonds is 24. The normalized spacial score (nSPS) is 11.2. The van der Waals surface area contributed by atoms with Crippen LogP contribution in [0.1, 0.15) is 11.1 Å². The first kappa shape index (κ1) is 33.3. The molecule has 216 valence electrons. The van der Waals surface area contributed by atoms with Crippen LogP contribution in [0.25, 0.3) is 0 Å². The second-order valence-corrected chi connectivity index (χ2v) is 8.40. The van der Waals surface area contributed by atoms with Crippen molar-refractivity contribution in [3.63, 3.8) is 0 Å². The van der Waals surface area contributed by atoms with Crippen LogP contribution in [0.3, 0.4) is 0 Å². The molecule has 0 unspecified atom stereocenters. The first-order valence-electron chi connectivity index (χ1n) is 13.0. The Bertz CT molecular complexity index is 769. The highest BCUT2D eigenvalue weighted by Crippen LogP contribution is 2.01. The van der Waals surface area contributed by atoms with E-state index in [1.165, 1.54) is 0 Å². The zero-order chi connectivity index (χ0) is 28.0. The molecule has 0 spiro atoms. The predicted octanol–water partition coefficient (Wildman–Crippen LogP) is -1.14. The maximum Gasteiger partial charge on any atom is 0.488 e. The Hall–Kier alpha value is -1.87.